The largest absolute Gasteiger partial charge is 0.484 e. The molecule has 2 unspecified atom stereocenters. The smallest absolute Gasteiger partial charge is 0.258 e. The number of amides is 1. The van der Waals surface area contributed by atoms with Gasteiger partial charge in [0.25, 0.3) is 5.91 Å². The molecule has 2 atom stereocenters. The molecule has 5 nitrogen and oxygen atoms in total. The number of carbonyl (C=O) groups excluding carboxylic acids is 1. The number of hydrogen-bond donors (Lipinski definition) is 2. The molecule has 20 heavy (non-hydrogen) atoms. The Bertz CT molecular complexity index is 490. The van der Waals surface area contributed by atoms with Crippen molar-refractivity contribution in [3.63, 3.8) is 0 Å². The number of rotatable bonds is 5. The second-order valence-corrected chi connectivity index (χ2v) is 5.16. The summed E-state index contributed by atoms with van der Waals surface area (Å²) in [6.45, 7) is 2.62. The van der Waals surface area contributed by atoms with Crippen LogP contribution in [0.5, 0.6) is 5.75 Å². The van der Waals surface area contributed by atoms with Crippen molar-refractivity contribution >= 4 is 23.1 Å². The third-order valence-electron chi connectivity index (χ3n) is 3.23. The Morgan fingerprint density at radius 1 is 1.50 bits per heavy atom. The Balaban J connectivity index is 1.79. The second kappa shape index (κ2) is 6.67. The molecule has 0 spiro atoms. The quantitative estimate of drug-likeness (QED) is 0.792. The van der Waals surface area contributed by atoms with Crippen molar-refractivity contribution < 1.29 is 14.3 Å². The van der Waals surface area contributed by atoms with Crippen LogP contribution in [0.25, 0.3) is 0 Å². The summed E-state index contributed by atoms with van der Waals surface area (Å²) in [6.07, 6.45) is 0.902. The third-order valence-corrected chi connectivity index (χ3v) is 3.47. The van der Waals surface area contributed by atoms with Crippen LogP contribution in [-0.2, 0) is 9.53 Å². The number of carbonyl (C=O) groups is 1. The van der Waals surface area contributed by atoms with E-state index >= 15 is 0 Å². The summed E-state index contributed by atoms with van der Waals surface area (Å²) < 4.78 is 10.8. The van der Waals surface area contributed by atoms with E-state index in [4.69, 9.17) is 27.4 Å². The van der Waals surface area contributed by atoms with E-state index < -0.39 is 0 Å². The molecule has 0 aromatic heterocycles. The molecule has 2 rings (SSSR count). The predicted molar refractivity (Wildman–Crippen MR) is 79.8 cm³/mol. The van der Waals surface area contributed by atoms with E-state index in [9.17, 15) is 4.79 Å². The Morgan fingerprint density at radius 3 is 2.75 bits per heavy atom. The van der Waals surface area contributed by atoms with Gasteiger partial charge >= 0.3 is 0 Å². The van der Waals surface area contributed by atoms with Crippen molar-refractivity contribution in [2.24, 2.45) is 5.73 Å². The van der Waals surface area contributed by atoms with Crippen LogP contribution >= 0.6 is 12.2 Å². The van der Waals surface area contributed by atoms with Crippen LogP contribution in [0.2, 0.25) is 0 Å². The van der Waals surface area contributed by atoms with Crippen molar-refractivity contribution in [3.05, 3.63) is 29.8 Å². The van der Waals surface area contributed by atoms with E-state index in [-0.39, 0.29) is 24.7 Å². The lowest BCUT2D eigenvalue weighted by Gasteiger charge is -2.16. The molecule has 108 valence electrons. The van der Waals surface area contributed by atoms with Gasteiger partial charge in [0.15, 0.2) is 6.61 Å². The molecule has 0 bridgehead atoms. The Kier molecular flexibility index (Phi) is 4.92. The van der Waals surface area contributed by atoms with Crippen molar-refractivity contribution in [1.29, 1.82) is 0 Å². The highest BCUT2D eigenvalue weighted by Gasteiger charge is 2.25. The highest BCUT2D eigenvalue weighted by Crippen LogP contribution is 2.13. The molecule has 0 saturated carbocycles. The number of thiocarbonyl (C=S) groups is 1. The lowest BCUT2D eigenvalue weighted by molar-refractivity contribution is -0.124. The van der Waals surface area contributed by atoms with Crippen molar-refractivity contribution in [3.8, 4) is 5.75 Å². The van der Waals surface area contributed by atoms with Crippen LogP contribution in [0, 0.1) is 0 Å². The third kappa shape index (κ3) is 3.91. The van der Waals surface area contributed by atoms with Gasteiger partial charge in [-0.1, -0.05) is 12.2 Å². The van der Waals surface area contributed by atoms with E-state index in [1.807, 2.05) is 6.92 Å². The number of ether oxygens (including phenoxy) is 2. The summed E-state index contributed by atoms with van der Waals surface area (Å²) in [6, 6.07) is 7.08. The van der Waals surface area contributed by atoms with Crippen LogP contribution in [0.15, 0.2) is 24.3 Å². The summed E-state index contributed by atoms with van der Waals surface area (Å²) in [5.41, 5.74) is 6.28. The molecule has 1 amide bonds. The minimum atomic E-state index is -0.147. The molecule has 6 heteroatoms. The molecule has 1 aliphatic rings. The molecule has 1 saturated heterocycles. The normalized spacial score (nSPS) is 21.4. The maximum Gasteiger partial charge on any atom is 0.258 e. The zero-order valence-electron chi connectivity index (χ0n) is 11.3. The van der Waals surface area contributed by atoms with Gasteiger partial charge in [-0.25, -0.2) is 0 Å². The topological polar surface area (TPSA) is 73.6 Å². The predicted octanol–water partition coefficient (Wildman–Crippen LogP) is 0.993. The Morgan fingerprint density at radius 2 is 2.20 bits per heavy atom. The summed E-state index contributed by atoms with van der Waals surface area (Å²) in [4.78, 5) is 12.1. The lowest BCUT2D eigenvalue weighted by atomic mass is 10.1. The molecular formula is C14H18N2O3S. The minimum Gasteiger partial charge on any atom is -0.484 e. The van der Waals surface area contributed by atoms with Gasteiger partial charge in [-0.3, -0.25) is 4.79 Å². The van der Waals surface area contributed by atoms with E-state index in [2.05, 4.69) is 5.32 Å². The molecule has 1 aromatic carbocycles. The lowest BCUT2D eigenvalue weighted by Crippen LogP contribution is -2.41. The SMILES string of the molecule is CC1OCCC1NC(=O)COc1ccc(C(N)=S)cc1. The summed E-state index contributed by atoms with van der Waals surface area (Å²) in [5, 5.41) is 2.90. The summed E-state index contributed by atoms with van der Waals surface area (Å²) in [7, 11) is 0. The molecule has 1 aliphatic heterocycles. The molecule has 1 fully saturated rings. The van der Waals surface area contributed by atoms with Crippen molar-refractivity contribution in [2.45, 2.75) is 25.5 Å². The van der Waals surface area contributed by atoms with Crippen LogP contribution in [0.3, 0.4) is 0 Å². The molecule has 0 radical (unpaired) electrons. The van der Waals surface area contributed by atoms with E-state index in [0.717, 1.165) is 12.0 Å². The van der Waals surface area contributed by atoms with Crippen LogP contribution in [-0.4, -0.2) is 36.3 Å². The molecule has 0 aliphatic carbocycles. The Labute approximate surface area is 123 Å². The molecule has 1 aromatic rings. The second-order valence-electron chi connectivity index (χ2n) is 4.72. The maximum atomic E-state index is 11.8. The highest BCUT2D eigenvalue weighted by atomic mass is 32.1. The summed E-state index contributed by atoms with van der Waals surface area (Å²) in [5.74, 6) is 0.460. The first-order valence-corrected chi connectivity index (χ1v) is 6.90. The molecular weight excluding hydrogens is 276 g/mol. The van der Waals surface area contributed by atoms with Crippen LogP contribution in [0.4, 0.5) is 0 Å². The first-order valence-electron chi connectivity index (χ1n) is 6.50. The number of benzene rings is 1. The summed E-state index contributed by atoms with van der Waals surface area (Å²) >= 11 is 4.86. The maximum absolute atomic E-state index is 11.8. The monoisotopic (exact) mass is 294 g/mol. The first-order chi connectivity index (χ1) is 9.56. The van der Waals surface area contributed by atoms with Gasteiger partial charge in [0.1, 0.15) is 10.7 Å². The zero-order chi connectivity index (χ0) is 14.5. The highest BCUT2D eigenvalue weighted by molar-refractivity contribution is 7.80. The van der Waals surface area contributed by atoms with Crippen LogP contribution < -0.4 is 15.8 Å². The minimum absolute atomic E-state index is 0.0182. The van der Waals surface area contributed by atoms with E-state index in [1.165, 1.54) is 0 Å². The van der Waals surface area contributed by atoms with Gasteiger partial charge in [0, 0.05) is 12.2 Å². The van der Waals surface area contributed by atoms with Gasteiger partial charge in [-0.2, -0.15) is 0 Å². The number of nitrogens with two attached hydrogens (primary N) is 1. The fraction of sp³-hybridized carbons (Fsp3) is 0.429. The van der Waals surface area contributed by atoms with E-state index in [1.54, 1.807) is 24.3 Å². The van der Waals surface area contributed by atoms with Gasteiger partial charge < -0.3 is 20.5 Å². The van der Waals surface area contributed by atoms with Crippen LogP contribution in [0.1, 0.15) is 18.9 Å². The number of nitrogens with one attached hydrogen (secondary N) is 1. The van der Waals surface area contributed by atoms with Gasteiger partial charge in [0.05, 0.1) is 12.1 Å². The van der Waals surface area contributed by atoms with Gasteiger partial charge in [0.2, 0.25) is 0 Å². The molecule has 3 N–H and O–H groups in total. The standard InChI is InChI=1S/C14H18N2O3S/c1-9-12(6-7-18-9)16-13(17)8-19-11-4-2-10(3-5-11)14(15)20/h2-5,9,12H,6-8H2,1H3,(H2,15,20)(H,16,17). The van der Waals surface area contributed by atoms with Crippen molar-refractivity contribution in [2.75, 3.05) is 13.2 Å². The fourth-order valence-corrected chi connectivity index (χ4v) is 2.17. The molecule has 1 heterocycles. The van der Waals surface area contributed by atoms with Gasteiger partial charge in [-0.05, 0) is 37.6 Å². The number of hydrogen-bond acceptors (Lipinski definition) is 4. The average Bonchev–Trinajstić information content (AvgIpc) is 2.82. The zero-order valence-corrected chi connectivity index (χ0v) is 12.1. The Hall–Kier alpha value is -1.66. The fourth-order valence-electron chi connectivity index (χ4n) is 2.03. The first kappa shape index (κ1) is 14.7. The van der Waals surface area contributed by atoms with E-state index in [0.29, 0.717) is 17.3 Å². The van der Waals surface area contributed by atoms with Crippen molar-refractivity contribution in [1.82, 2.24) is 5.32 Å². The van der Waals surface area contributed by atoms with Gasteiger partial charge in [-0.15, -0.1) is 0 Å². The average molecular weight is 294 g/mol.